The number of ether oxygens (including phenoxy) is 1. The lowest BCUT2D eigenvalue weighted by atomic mass is 10.1. The van der Waals surface area contributed by atoms with Crippen LogP contribution in [-0.2, 0) is 4.74 Å². The summed E-state index contributed by atoms with van der Waals surface area (Å²) in [6.45, 7) is 7.42. The van der Waals surface area contributed by atoms with Gasteiger partial charge in [0.2, 0.25) is 0 Å². The number of nitrogen functional groups attached to an aromatic ring is 2. The highest BCUT2D eigenvalue weighted by Crippen LogP contribution is 2.22. The van der Waals surface area contributed by atoms with Crippen LogP contribution in [0.4, 0.5) is 17.1 Å². The number of amides is 1. The van der Waals surface area contributed by atoms with Crippen LogP contribution in [0.15, 0.2) is 82.0 Å². The van der Waals surface area contributed by atoms with Crippen molar-refractivity contribution in [2.24, 2.45) is 11.5 Å². The van der Waals surface area contributed by atoms with Gasteiger partial charge in [-0.2, -0.15) is 0 Å². The number of hydrogen-bond donors (Lipinski definition) is 7. The first-order chi connectivity index (χ1) is 22.2. The molecule has 0 spiro atoms. The third-order valence-corrected chi connectivity index (χ3v) is 7.51. The molecule has 1 amide bonds. The van der Waals surface area contributed by atoms with Crippen molar-refractivity contribution in [3.8, 4) is 0 Å². The van der Waals surface area contributed by atoms with Crippen molar-refractivity contribution in [2.45, 2.75) is 26.4 Å². The van der Waals surface area contributed by atoms with Crippen molar-refractivity contribution in [1.82, 2.24) is 5.32 Å². The molecule has 0 unspecified atom stereocenters. The second-order valence-corrected chi connectivity index (χ2v) is 10.7. The van der Waals surface area contributed by atoms with Gasteiger partial charge in [0.15, 0.2) is 0 Å². The zero-order valence-corrected chi connectivity index (χ0v) is 26.2. The van der Waals surface area contributed by atoms with Crippen LogP contribution in [0.2, 0.25) is 0 Å². The molecular formula is C34H42N8O4. The Labute approximate surface area is 268 Å². The molecule has 0 fully saturated rings. The van der Waals surface area contributed by atoms with E-state index >= 15 is 0 Å². The molecule has 1 aromatic heterocycles. The third-order valence-electron chi connectivity index (χ3n) is 7.51. The van der Waals surface area contributed by atoms with E-state index in [1.807, 2.05) is 42.5 Å². The first-order valence-corrected chi connectivity index (χ1v) is 15.3. The van der Waals surface area contributed by atoms with Crippen molar-refractivity contribution in [2.75, 3.05) is 54.9 Å². The number of benzene rings is 3. The Hall–Kier alpha value is -5.36. The number of rotatable bonds is 17. The number of nitrogens with one attached hydrogen (secondary N) is 5. The van der Waals surface area contributed by atoms with Crippen LogP contribution in [-0.4, -0.2) is 63.0 Å². The summed E-state index contributed by atoms with van der Waals surface area (Å²) in [6.07, 6.45) is 0.277. The molecule has 46 heavy (non-hydrogen) atoms. The Kier molecular flexibility index (Phi) is 11.7. The highest BCUT2D eigenvalue weighted by atomic mass is 16.5. The van der Waals surface area contributed by atoms with Gasteiger partial charge in [-0.1, -0.05) is 0 Å². The van der Waals surface area contributed by atoms with Gasteiger partial charge < -0.3 is 41.5 Å². The van der Waals surface area contributed by atoms with Gasteiger partial charge in [0, 0.05) is 79.0 Å². The minimum atomic E-state index is -0.678. The summed E-state index contributed by atoms with van der Waals surface area (Å²) in [5, 5.41) is 25.3. The summed E-state index contributed by atoms with van der Waals surface area (Å²) in [4.78, 5) is 27.6. The molecule has 4 aromatic rings. The van der Waals surface area contributed by atoms with Crippen LogP contribution in [0, 0.1) is 10.8 Å². The van der Waals surface area contributed by atoms with Gasteiger partial charge >= 0.3 is 5.63 Å². The zero-order chi connectivity index (χ0) is 33.1. The van der Waals surface area contributed by atoms with Crippen molar-refractivity contribution in [1.29, 1.82) is 10.8 Å². The summed E-state index contributed by atoms with van der Waals surface area (Å²) in [5.74, 6) is -0.483. The van der Waals surface area contributed by atoms with Gasteiger partial charge in [0.1, 0.15) is 22.8 Å². The summed E-state index contributed by atoms with van der Waals surface area (Å²) < 4.78 is 11.7. The van der Waals surface area contributed by atoms with Crippen molar-refractivity contribution >= 4 is 45.6 Å². The molecule has 0 saturated heterocycles. The molecule has 0 bridgehead atoms. The van der Waals surface area contributed by atoms with Crippen molar-refractivity contribution in [3.63, 3.8) is 0 Å². The smallest absolute Gasteiger partial charge is 0.349 e. The second kappa shape index (κ2) is 16.1. The number of nitrogens with zero attached hydrogens (tertiary/aromatic N) is 1. The van der Waals surface area contributed by atoms with E-state index in [0.717, 1.165) is 30.2 Å². The van der Waals surface area contributed by atoms with Crippen LogP contribution >= 0.6 is 0 Å². The van der Waals surface area contributed by atoms with Gasteiger partial charge in [-0.3, -0.25) is 15.6 Å². The lowest BCUT2D eigenvalue weighted by molar-refractivity contribution is 0.0681. The Morgan fingerprint density at radius 1 is 0.870 bits per heavy atom. The maximum absolute atomic E-state index is 12.8. The van der Waals surface area contributed by atoms with E-state index in [1.165, 1.54) is 0 Å². The number of anilines is 3. The fourth-order valence-corrected chi connectivity index (χ4v) is 4.85. The number of carbonyl (C=O) groups is 1. The lowest BCUT2D eigenvalue weighted by Gasteiger charge is -2.21. The highest BCUT2D eigenvalue weighted by Gasteiger charge is 2.15. The zero-order valence-electron chi connectivity index (χ0n) is 26.2. The average molecular weight is 627 g/mol. The number of nitrogens with two attached hydrogens (primary N) is 2. The Morgan fingerprint density at radius 3 is 1.96 bits per heavy atom. The molecule has 9 N–H and O–H groups in total. The molecule has 0 aliphatic carbocycles. The minimum Gasteiger partial charge on any atom is -0.422 e. The Morgan fingerprint density at radius 2 is 1.43 bits per heavy atom. The predicted octanol–water partition coefficient (Wildman–Crippen LogP) is 3.94. The highest BCUT2D eigenvalue weighted by molar-refractivity contribution is 5.97. The number of amidine groups is 2. The van der Waals surface area contributed by atoms with Gasteiger partial charge in [-0.05, 0) is 87.0 Å². The van der Waals surface area contributed by atoms with Crippen LogP contribution in [0.1, 0.15) is 41.8 Å². The van der Waals surface area contributed by atoms with E-state index < -0.39 is 11.5 Å². The Bertz CT molecular complexity index is 1640. The van der Waals surface area contributed by atoms with Gasteiger partial charge in [0.05, 0.1) is 6.10 Å². The largest absolute Gasteiger partial charge is 0.422 e. The molecule has 0 atom stereocenters. The molecule has 4 rings (SSSR count). The predicted molar refractivity (Wildman–Crippen MR) is 185 cm³/mol. The number of fused-ring (bicyclic) bond motifs is 1. The average Bonchev–Trinajstić information content (AvgIpc) is 3.05. The molecule has 0 aliphatic heterocycles. The van der Waals surface area contributed by atoms with Crippen molar-refractivity contribution < 1.29 is 13.9 Å². The van der Waals surface area contributed by atoms with E-state index in [2.05, 4.69) is 34.7 Å². The molecule has 12 heteroatoms. The molecule has 0 radical (unpaired) electrons. The van der Waals surface area contributed by atoms with Crippen LogP contribution < -0.4 is 37.9 Å². The quantitative estimate of drug-likeness (QED) is 0.0393. The first kappa shape index (κ1) is 33.5. The molecule has 3 aromatic carbocycles. The standard InChI is InChI=1S/C34H42N8O4/c1-3-42(4-2)27-15-10-24-18-29(34(44)46-30(24)19-27)33(43)39-16-5-17-45-28(20-40-25-11-6-22(7-12-25)31(35)36)21-41-26-13-8-23(9-14-26)32(37)38/h6-15,18-19,28,40-41H,3-5,16-17,20-21H2,1-2H3,(H3,35,36)(H3,37,38)(H,39,43). The summed E-state index contributed by atoms with van der Waals surface area (Å²) >= 11 is 0. The molecule has 0 aliphatic rings. The van der Waals surface area contributed by atoms with Gasteiger partial charge in [-0.25, -0.2) is 4.79 Å². The SMILES string of the molecule is CCN(CC)c1ccc2cc(C(=O)NCCCOC(CNc3ccc(C(=N)N)cc3)CNc3ccc(C(=N)N)cc3)c(=O)oc2c1. The molecule has 0 saturated carbocycles. The van der Waals surface area contributed by atoms with E-state index in [9.17, 15) is 9.59 Å². The fraction of sp³-hybridized carbons (Fsp3) is 0.294. The first-order valence-electron chi connectivity index (χ1n) is 15.3. The summed E-state index contributed by atoms with van der Waals surface area (Å²) in [6, 6.07) is 21.7. The van der Waals surface area contributed by atoms with Crippen LogP contribution in [0.5, 0.6) is 0 Å². The third kappa shape index (κ3) is 9.08. The molecule has 242 valence electrons. The van der Waals surface area contributed by atoms with E-state index in [4.69, 9.17) is 31.4 Å². The maximum atomic E-state index is 12.8. The molecular weight excluding hydrogens is 584 g/mol. The second-order valence-electron chi connectivity index (χ2n) is 10.7. The minimum absolute atomic E-state index is 0.00537. The monoisotopic (exact) mass is 626 g/mol. The van der Waals surface area contributed by atoms with E-state index in [0.29, 0.717) is 54.8 Å². The summed E-state index contributed by atoms with van der Waals surface area (Å²) in [7, 11) is 0. The van der Waals surface area contributed by atoms with Gasteiger partial charge in [0.25, 0.3) is 5.91 Å². The lowest BCUT2D eigenvalue weighted by Crippen LogP contribution is -2.33. The maximum Gasteiger partial charge on any atom is 0.349 e. The Balaban J connectivity index is 1.31. The van der Waals surface area contributed by atoms with Gasteiger partial charge in [-0.15, -0.1) is 0 Å². The topological polar surface area (TPSA) is 196 Å². The fourth-order valence-electron chi connectivity index (χ4n) is 4.85. The van der Waals surface area contributed by atoms with E-state index in [1.54, 1.807) is 30.3 Å². The van der Waals surface area contributed by atoms with Crippen LogP contribution in [0.3, 0.4) is 0 Å². The number of carbonyl (C=O) groups excluding carboxylic acids is 1. The van der Waals surface area contributed by atoms with Crippen LogP contribution in [0.25, 0.3) is 11.0 Å². The molecule has 1 heterocycles. The molecule has 12 nitrogen and oxygen atoms in total. The number of hydrogen-bond acceptors (Lipinski definition) is 9. The normalized spacial score (nSPS) is 11.5. The van der Waals surface area contributed by atoms with E-state index in [-0.39, 0.29) is 23.3 Å². The summed E-state index contributed by atoms with van der Waals surface area (Å²) in [5.41, 5.74) is 14.8. The van der Waals surface area contributed by atoms with Crippen molar-refractivity contribution in [3.05, 3.63) is 99.9 Å².